The Kier molecular flexibility index (Phi) is 6.77. The Morgan fingerprint density at radius 1 is 1.17 bits per heavy atom. The fourth-order valence-corrected chi connectivity index (χ4v) is 3.49. The molecule has 1 aliphatic rings. The van der Waals surface area contributed by atoms with Crippen molar-refractivity contribution >= 4 is 52.4 Å². The smallest absolute Gasteiger partial charge is 0.311 e. The number of anilines is 2. The van der Waals surface area contributed by atoms with E-state index in [1.165, 1.54) is 6.07 Å². The number of esters is 1. The van der Waals surface area contributed by atoms with Gasteiger partial charge in [0.2, 0.25) is 5.91 Å². The average molecular weight is 435 g/mol. The minimum atomic E-state index is -0.606. The van der Waals surface area contributed by atoms with Gasteiger partial charge in [0, 0.05) is 24.3 Å². The number of hydrogen-bond acceptors (Lipinski definition) is 4. The molecular formula is C21H20Cl2N2O4. The summed E-state index contributed by atoms with van der Waals surface area (Å²) in [5.74, 6) is -1.81. The predicted molar refractivity (Wildman–Crippen MR) is 112 cm³/mol. The summed E-state index contributed by atoms with van der Waals surface area (Å²) in [6.07, 6.45) is 0.843. The van der Waals surface area contributed by atoms with Gasteiger partial charge in [-0.25, -0.2) is 0 Å². The summed E-state index contributed by atoms with van der Waals surface area (Å²) in [7, 11) is 0. The van der Waals surface area contributed by atoms with Crippen molar-refractivity contribution in [2.45, 2.75) is 19.8 Å². The van der Waals surface area contributed by atoms with Gasteiger partial charge >= 0.3 is 5.97 Å². The van der Waals surface area contributed by atoms with E-state index in [9.17, 15) is 14.4 Å². The van der Waals surface area contributed by atoms with Crippen LogP contribution in [0.2, 0.25) is 10.0 Å². The molecule has 1 atom stereocenters. The highest BCUT2D eigenvalue weighted by Gasteiger charge is 2.37. The lowest BCUT2D eigenvalue weighted by atomic mass is 10.1. The van der Waals surface area contributed by atoms with E-state index in [2.05, 4.69) is 5.32 Å². The summed E-state index contributed by atoms with van der Waals surface area (Å²) in [5.41, 5.74) is 2.29. The Bertz CT molecular complexity index is 948. The summed E-state index contributed by atoms with van der Waals surface area (Å²) in [6.45, 7) is 1.80. The van der Waals surface area contributed by atoms with Gasteiger partial charge in [0.15, 0.2) is 6.61 Å². The molecule has 1 saturated heterocycles. The molecule has 152 valence electrons. The largest absolute Gasteiger partial charge is 0.455 e. The first kappa shape index (κ1) is 21.1. The lowest BCUT2D eigenvalue weighted by molar-refractivity contribution is -0.151. The molecule has 29 heavy (non-hydrogen) atoms. The van der Waals surface area contributed by atoms with E-state index in [1.807, 2.05) is 31.2 Å². The van der Waals surface area contributed by atoms with Gasteiger partial charge in [0.05, 0.1) is 16.0 Å². The second kappa shape index (κ2) is 9.29. The lowest BCUT2D eigenvalue weighted by Crippen LogP contribution is -2.28. The number of rotatable bonds is 6. The van der Waals surface area contributed by atoms with Crippen molar-refractivity contribution in [3.05, 3.63) is 58.1 Å². The van der Waals surface area contributed by atoms with E-state index in [4.69, 9.17) is 27.9 Å². The van der Waals surface area contributed by atoms with Gasteiger partial charge in [-0.05, 0) is 36.2 Å². The molecule has 0 saturated carbocycles. The first-order valence-corrected chi connectivity index (χ1v) is 9.94. The minimum absolute atomic E-state index is 0.0608. The van der Waals surface area contributed by atoms with Crippen LogP contribution in [-0.2, 0) is 25.5 Å². The van der Waals surface area contributed by atoms with Crippen LogP contribution in [0.15, 0.2) is 42.5 Å². The molecule has 0 unspecified atom stereocenters. The average Bonchev–Trinajstić information content (AvgIpc) is 3.10. The van der Waals surface area contributed by atoms with Gasteiger partial charge < -0.3 is 15.0 Å². The number of nitrogens with one attached hydrogen (secondary N) is 1. The van der Waals surface area contributed by atoms with E-state index < -0.39 is 24.4 Å². The predicted octanol–water partition coefficient (Wildman–Crippen LogP) is 4.09. The van der Waals surface area contributed by atoms with Gasteiger partial charge in [0.25, 0.3) is 5.91 Å². The molecule has 1 heterocycles. The Labute approximate surface area is 178 Å². The number of carbonyl (C=O) groups is 3. The van der Waals surface area contributed by atoms with Crippen LogP contribution in [0.1, 0.15) is 18.9 Å². The number of benzene rings is 2. The van der Waals surface area contributed by atoms with Crippen LogP contribution in [0.5, 0.6) is 0 Å². The van der Waals surface area contributed by atoms with Crippen molar-refractivity contribution in [1.29, 1.82) is 0 Å². The van der Waals surface area contributed by atoms with Crippen LogP contribution < -0.4 is 10.2 Å². The minimum Gasteiger partial charge on any atom is -0.455 e. The summed E-state index contributed by atoms with van der Waals surface area (Å²) in [6, 6.07) is 12.3. The van der Waals surface area contributed by atoms with Gasteiger partial charge in [-0.1, -0.05) is 48.3 Å². The van der Waals surface area contributed by atoms with Crippen molar-refractivity contribution in [2.75, 3.05) is 23.4 Å². The quantitative estimate of drug-likeness (QED) is 0.694. The molecular weight excluding hydrogens is 415 g/mol. The zero-order chi connectivity index (χ0) is 21.0. The summed E-state index contributed by atoms with van der Waals surface area (Å²) in [5, 5.41) is 3.25. The van der Waals surface area contributed by atoms with Crippen molar-refractivity contribution in [1.82, 2.24) is 0 Å². The normalized spacial score (nSPS) is 16.0. The highest BCUT2D eigenvalue weighted by molar-refractivity contribution is 6.42. The maximum Gasteiger partial charge on any atom is 0.311 e. The van der Waals surface area contributed by atoms with Gasteiger partial charge in [-0.3, -0.25) is 14.4 Å². The van der Waals surface area contributed by atoms with Crippen LogP contribution in [0.3, 0.4) is 0 Å². The number of aryl methyl sites for hydroxylation is 1. The third-order valence-electron chi connectivity index (χ3n) is 4.67. The van der Waals surface area contributed by atoms with Crippen LogP contribution in [0.25, 0.3) is 0 Å². The number of nitrogens with zero attached hydrogens (tertiary/aromatic N) is 1. The topological polar surface area (TPSA) is 75.7 Å². The van der Waals surface area contributed by atoms with Crippen LogP contribution in [0, 0.1) is 5.92 Å². The standard InChI is InChI=1S/C21H20Cl2N2O4/c1-2-13-5-3-4-6-18(13)25-11-14(9-20(25)27)21(28)29-12-19(26)24-15-7-8-16(22)17(23)10-15/h3-8,10,14H,2,9,11-12H2,1H3,(H,24,26)/t14-/m1/s1. The maximum atomic E-state index is 12.4. The molecule has 0 aliphatic carbocycles. The van der Waals surface area contributed by atoms with E-state index in [0.717, 1.165) is 17.7 Å². The Morgan fingerprint density at radius 3 is 2.66 bits per heavy atom. The molecule has 2 aromatic carbocycles. The van der Waals surface area contributed by atoms with Crippen LogP contribution >= 0.6 is 23.2 Å². The third kappa shape index (κ3) is 5.08. The summed E-state index contributed by atoms with van der Waals surface area (Å²) >= 11 is 11.7. The fraction of sp³-hybridized carbons (Fsp3) is 0.286. The SMILES string of the molecule is CCc1ccccc1N1C[C@H](C(=O)OCC(=O)Nc2ccc(Cl)c(Cl)c2)CC1=O. The zero-order valence-electron chi connectivity index (χ0n) is 15.8. The van der Waals surface area contributed by atoms with Crippen molar-refractivity contribution in [2.24, 2.45) is 5.92 Å². The molecule has 1 fully saturated rings. The molecule has 0 bridgehead atoms. The number of ether oxygens (including phenoxy) is 1. The summed E-state index contributed by atoms with van der Waals surface area (Å²) < 4.78 is 5.11. The number of hydrogen-bond donors (Lipinski definition) is 1. The highest BCUT2D eigenvalue weighted by atomic mass is 35.5. The first-order valence-electron chi connectivity index (χ1n) is 9.18. The van der Waals surface area contributed by atoms with Gasteiger partial charge in [-0.15, -0.1) is 0 Å². The Balaban J connectivity index is 1.55. The van der Waals surface area contributed by atoms with Crippen molar-refractivity contribution in [3.8, 4) is 0 Å². The molecule has 1 N–H and O–H groups in total. The fourth-order valence-electron chi connectivity index (χ4n) is 3.20. The van der Waals surface area contributed by atoms with Gasteiger partial charge in [-0.2, -0.15) is 0 Å². The van der Waals surface area contributed by atoms with Gasteiger partial charge in [0.1, 0.15) is 0 Å². The number of amides is 2. The molecule has 6 nitrogen and oxygen atoms in total. The van der Waals surface area contributed by atoms with Crippen molar-refractivity contribution < 1.29 is 19.1 Å². The zero-order valence-corrected chi connectivity index (χ0v) is 17.3. The first-order chi connectivity index (χ1) is 13.9. The second-order valence-corrected chi connectivity index (χ2v) is 7.49. The van der Waals surface area contributed by atoms with Crippen LogP contribution in [0.4, 0.5) is 11.4 Å². The third-order valence-corrected chi connectivity index (χ3v) is 5.41. The molecule has 0 radical (unpaired) electrons. The Hall–Kier alpha value is -2.57. The molecule has 2 amide bonds. The van der Waals surface area contributed by atoms with E-state index >= 15 is 0 Å². The molecule has 3 rings (SSSR count). The second-order valence-electron chi connectivity index (χ2n) is 6.67. The molecule has 8 heteroatoms. The lowest BCUT2D eigenvalue weighted by Gasteiger charge is -2.19. The Morgan fingerprint density at radius 2 is 1.93 bits per heavy atom. The number of carbonyl (C=O) groups excluding carboxylic acids is 3. The molecule has 2 aromatic rings. The van der Waals surface area contributed by atoms with Crippen LogP contribution in [-0.4, -0.2) is 30.9 Å². The summed E-state index contributed by atoms with van der Waals surface area (Å²) in [4.78, 5) is 38.4. The number of halogens is 2. The van der Waals surface area contributed by atoms with E-state index in [0.29, 0.717) is 15.7 Å². The maximum absolute atomic E-state index is 12.4. The van der Waals surface area contributed by atoms with E-state index in [1.54, 1.807) is 17.0 Å². The monoisotopic (exact) mass is 434 g/mol. The number of para-hydroxylation sites is 1. The van der Waals surface area contributed by atoms with E-state index in [-0.39, 0.29) is 18.9 Å². The van der Waals surface area contributed by atoms with Crippen molar-refractivity contribution in [3.63, 3.8) is 0 Å². The molecule has 0 spiro atoms. The molecule has 1 aliphatic heterocycles. The molecule has 0 aromatic heterocycles. The highest BCUT2D eigenvalue weighted by Crippen LogP contribution is 2.29.